The highest BCUT2D eigenvalue weighted by Gasteiger charge is 2.20. The van der Waals surface area contributed by atoms with Gasteiger partial charge in [0.05, 0.1) is 0 Å². The Morgan fingerprint density at radius 1 is 1.10 bits per heavy atom. The van der Waals surface area contributed by atoms with Crippen molar-refractivity contribution in [1.82, 2.24) is 0 Å². The van der Waals surface area contributed by atoms with Crippen LogP contribution in [0.25, 0.3) is 0 Å². The highest BCUT2D eigenvalue weighted by atomic mass is 16.1. The van der Waals surface area contributed by atoms with Crippen molar-refractivity contribution in [3.8, 4) is 0 Å². The van der Waals surface area contributed by atoms with Crippen LogP contribution in [0.4, 0.5) is 0 Å². The molecule has 1 atom stereocenters. The molecule has 0 fully saturated rings. The summed E-state index contributed by atoms with van der Waals surface area (Å²) in [5.41, 5.74) is 7.66. The van der Waals surface area contributed by atoms with Crippen LogP contribution < -0.4 is 5.73 Å². The standard InChI is InChI=1S/C19H29NO/c1-3-5-8-14-17(16-12-10-7-11-13-16)18(19(20)21)15-9-6-4-2/h7,10-13,15,17H,3-6,8-9,14H2,1-2H3,(H2,20,21)/b18-15-. The maximum atomic E-state index is 11.9. The predicted octanol–water partition coefficient (Wildman–Crippen LogP) is 4.95. The topological polar surface area (TPSA) is 43.1 Å². The van der Waals surface area contributed by atoms with E-state index in [0.29, 0.717) is 0 Å². The van der Waals surface area contributed by atoms with Crippen molar-refractivity contribution in [3.05, 3.63) is 47.5 Å². The van der Waals surface area contributed by atoms with Gasteiger partial charge >= 0.3 is 0 Å². The van der Waals surface area contributed by atoms with Crippen molar-refractivity contribution in [3.63, 3.8) is 0 Å². The van der Waals surface area contributed by atoms with Gasteiger partial charge in [-0.05, 0) is 18.4 Å². The largest absolute Gasteiger partial charge is 0.366 e. The number of carbonyl (C=O) groups excluding carboxylic acids is 1. The highest BCUT2D eigenvalue weighted by Crippen LogP contribution is 2.30. The first kappa shape index (κ1) is 17.5. The van der Waals surface area contributed by atoms with Crippen LogP contribution in [-0.4, -0.2) is 5.91 Å². The molecule has 1 amide bonds. The summed E-state index contributed by atoms with van der Waals surface area (Å²) >= 11 is 0. The molecule has 21 heavy (non-hydrogen) atoms. The van der Waals surface area contributed by atoms with E-state index in [2.05, 4.69) is 32.1 Å². The Bertz CT molecular complexity index is 436. The number of amides is 1. The molecular weight excluding hydrogens is 258 g/mol. The van der Waals surface area contributed by atoms with Crippen LogP contribution >= 0.6 is 0 Å². The lowest BCUT2D eigenvalue weighted by Gasteiger charge is -2.19. The van der Waals surface area contributed by atoms with E-state index in [1.165, 1.54) is 18.4 Å². The molecule has 2 N–H and O–H groups in total. The molecule has 1 unspecified atom stereocenters. The lowest BCUT2D eigenvalue weighted by atomic mass is 9.85. The van der Waals surface area contributed by atoms with Gasteiger partial charge in [0.2, 0.25) is 5.91 Å². The van der Waals surface area contributed by atoms with Crippen LogP contribution in [0.5, 0.6) is 0 Å². The first-order valence-electron chi connectivity index (χ1n) is 8.25. The lowest BCUT2D eigenvalue weighted by molar-refractivity contribution is -0.114. The number of allylic oxidation sites excluding steroid dienone is 1. The number of hydrogen-bond acceptors (Lipinski definition) is 1. The van der Waals surface area contributed by atoms with E-state index in [0.717, 1.165) is 37.7 Å². The van der Waals surface area contributed by atoms with Crippen molar-refractivity contribution in [2.75, 3.05) is 0 Å². The smallest absolute Gasteiger partial charge is 0.244 e. The minimum Gasteiger partial charge on any atom is -0.366 e. The molecule has 0 aromatic heterocycles. The van der Waals surface area contributed by atoms with E-state index >= 15 is 0 Å². The number of unbranched alkanes of at least 4 members (excludes halogenated alkanes) is 4. The van der Waals surface area contributed by atoms with Gasteiger partial charge in [0, 0.05) is 11.5 Å². The van der Waals surface area contributed by atoms with Gasteiger partial charge in [-0.25, -0.2) is 0 Å². The zero-order valence-corrected chi connectivity index (χ0v) is 13.5. The van der Waals surface area contributed by atoms with Gasteiger partial charge in [0.1, 0.15) is 0 Å². The van der Waals surface area contributed by atoms with Crippen molar-refractivity contribution in [2.45, 2.75) is 64.7 Å². The molecule has 0 bridgehead atoms. The minimum absolute atomic E-state index is 0.145. The minimum atomic E-state index is -0.267. The van der Waals surface area contributed by atoms with Gasteiger partial charge in [-0.1, -0.05) is 82.4 Å². The molecule has 0 radical (unpaired) electrons. The third-order valence-electron chi connectivity index (χ3n) is 3.88. The van der Waals surface area contributed by atoms with E-state index in [1.54, 1.807) is 0 Å². The summed E-state index contributed by atoms with van der Waals surface area (Å²) < 4.78 is 0. The molecule has 0 saturated carbocycles. The van der Waals surface area contributed by atoms with E-state index in [-0.39, 0.29) is 11.8 Å². The Balaban J connectivity index is 2.95. The first-order chi connectivity index (χ1) is 10.2. The quantitative estimate of drug-likeness (QED) is 0.480. The van der Waals surface area contributed by atoms with E-state index in [1.807, 2.05) is 18.2 Å². The van der Waals surface area contributed by atoms with Gasteiger partial charge in [0.25, 0.3) is 0 Å². The summed E-state index contributed by atoms with van der Waals surface area (Å²) in [6.45, 7) is 4.36. The fourth-order valence-electron chi connectivity index (χ4n) is 2.66. The molecule has 2 nitrogen and oxygen atoms in total. The third kappa shape index (κ3) is 6.16. The number of primary amides is 1. The molecule has 0 spiro atoms. The van der Waals surface area contributed by atoms with E-state index < -0.39 is 0 Å². The van der Waals surface area contributed by atoms with Crippen LogP contribution in [0.3, 0.4) is 0 Å². The number of carbonyl (C=O) groups is 1. The van der Waals surface area contributed by atoms with Crippen molar-refractivity contribution < 1.29 is 4.79 Å². The van der Waals surface area contributed by atoms with Crippen molar-refractivity contribution in [2.24, 2.45) is 5.73 Å². The number of hydrogen-bond donors (Lipinski definition) is 1. The van der Waals surface area contributed by atoms with Gasteiger partial charge < -0.3 is 5.73 Å². The molecule has 1 rings (SSSR count). The molecule has 0 aliphatic carbocycles. The second-order valence-corrected chi connectivity index (χ2v) is 5.62. The second kappa shape index (κ2) is 10.2. The van der Waals surface area contributed by atoms with Crippen LogP contribution in [0.2, 0.25) is 0 Å². The van der Waals surface area contributed by atoms with Gasteiger partial charge in [-0.3, -0.25) is 4.79 Å². The maximum absolute atomic E-state index is 11.9. The molecule has 0 aliphatic heterocycles. The Morgan fingerprint density at radius 3 is 2.33 bits per heavy atom. The number of benzene rings is 1. The van der Waals surface area contributed by atoms with Crippen molar-refractivity contribution in [1.29, 1.82) is 0 Å². The number of nitrogens with two attached hydrogens (primary N) is 1. The third-order valence-corrected chi connectivity index (χ3v) is 3.88. The Labute approximate surface area is 129 Å². The molecule has 116 valence electrons. The molecule has 1 aromatic rings. The molecular formula is C19H29NO. The summed E-state index contributed by atoms with van der Waals surface area (Å²) in [6, 6.07) is 10.3. The van der Waals surface area contributed by atoms with E-state index in [9.17, 15) is 4.79 Å². The average Bonchev–Trinajstić information content (AvgIpc) is 2.50. The first-order valence-corrected chi connectivity index (χ1v) is 8.25. The molecule has 1 aromatic carbocycles. The Hall–Kier alpha value is -1.57. The van der Waals surface area contributed by atoms with Crippen LogP contribution in [0.15, 0.2) is 42.0 Å². The predicted molar refractivity (Wildman–Crippen MR) is 90.1 cm³/mol. The number of rotatable bonds is 10. The fourth-order valence-corrected chi connectivity index (χ4v) is 2.66. The van der Waals surface area contributed by atoms with Gasteiger partial charge in [0.15, 0.2) is 0 Å². The van der Waals surface area contributed by atoms with Gasteiger partial charge in [-0.15, -0.1) is 0 Å². The summed E-state index contributed by atoms with van der Waals surface area (Å²) in [4.78, 5) is 11.9. The zero-order chi connectivity index (χ0) is 15.5. The molecule has 0 heterocycles. The highest BCUT2D eigenvalue weighted by molar-refractivity contribution is 5.93. The Kier molecular flexibility index (Phi) is 8.49. The monoisotopic (exact) mass is 287 g/mol. The zero-order valence-electron chi connectivity index (χ0n) is 13.5. The fraction of sp³-hybridized carbons (Fsp3) is 0.526. The maximum Gasteiger partial charge on any atom is 0.244 e. The summed E-state index contributed by atoms with van der Waals surface area (Å²) in [7, 11) is 0. The van der Waals surface area contributed by atoms with Crippen LogP contribution in [0.1, 0.15) is 70.3 Å². The van der Waals surface area contributed by atoms with Crippen LogP contribution in [0, 0.1) is 0 Å². The molecule has 0 saturated heterocycles. The summed E-state index contributed by atoms with van der Waals surface area (Å²) in [5, 5.41) is 0. The summed E-state index contributed by atoms with van der Waals surface area (Å²) in [6.07, 6.45) is 9.76. The second-order valence-electron chi connectivity index (χ2n) is 5.62. The molecule has 2 heteroatoms. The van der Waals surface area contributed by atoms with Crippen LogP contribution in [-0.2, 0) is 4.79 Å². The lowest BCUT2D eigenvalue weighted by Crippen LogP contribution is -2.20. The van der Waals surface area contributed by atoms with Crippen molar-refractivity contribution >= 4 is 5.91 Å². The van der Waals surface area contributed by atoms with Gasteiger partial charge in [-0.2, -0.15) is 0 Å². The Morgan fingerprint density at radius 2 is 1.76 bits per heavy atom. The summed E-state index contributed by atoms with van der Waals surface area (Å²) in [5.74, 6) is -0.122. The average molecular weight is 287 g/mol. The van der Waals surface area contributed by atoms with E-state index in [4.69, 9.17) is 5.73 Å². The SMILES string of the molecule is CCCC/C=C(\C(N)=O)C(CCCCC)c1ccccc1. The normalized spacial score (nSPS) is 13.1. The molecule has 0 aliphatic rings.